The molecule has 1 aromatic rings. The van der Waals surface area contributed by atoms with E-state index in [-0.39, 0.29) is 0 Å². The fraction of sp³-hybridized carbons (Fsp3) is 0.625. The maximum atomic E-state index is 5.93. The first-order chi connectivity index (χ1) is 9.11. The summed E-state index contributed by atoms with van der Waals surface area (Å²) in [4.78, 5) is 2.60. The zero-order chi connectivity index (χ0) is 13.8. The van der Waals surface area contributed by atoms with Crippen LogP contribution in [-0.2, 0) is 6.54 Å². The highest BCUT2D eigenvalue weighted by Crippen LogP contribution is 2.33. The second-order valence-corrected chi connectivity index (χ2v) is 6.88. The van der Waals surface area contributed by atoms with Crippen LogP contribution in [0.3, 0.4) is 0 Å². The van der Waals surface area contributed by atoms with Crippen molar-refractivity contribution in [3.63, 3.8) is 0 Å². The minimum atomic E-state index is 0.615. The second-order valence-electron chi connectivity index (χ2n) is 5.96. The molecule has 0 atom stereocenters. The first kappa shape index (κ1) is 14.9. The number of benzene rings is 1. The van der Waals surface area contributed by atoms with Gasteiger partial charge in [-0.25, -0.2) is 0 Å². The average molecular weight is 325 g/mol. The third-order valence-corrected chi connectivity index (χ3v) is 4.40. The third-order valence-electron chi connectivity index (χ3n) is 3.90. The molecule has 0 spiro atoms. The number of nitrogens with two attached hydrogens (primary N) is 1. The van der Waals surface area contributed by atoms with Gasteiger partial charge in [-0.15, -0.1) is 0 Å². The molecule has 2 N–H and O–H groups in total. The van der Waals surface area contributed by atoms with Crippen molar-refractivity contribution < 1.29 is 0 Å². The highest BCUT2D eigenvalue weighted by atomic mass is 79.9. The molecule has 0 aromatic heterocycles. The van der Waals surface area contributed by atoms with Crippen LogP contribution in [0.2, 0.25) is 0 Å². The molecule has 0 amide bonds. The Kier molecular flexibility index (Phi) is 5.28. The minimum absolute atomic E-state index is 0.615. The van der Waals surface area contributed by atoms with Gasteiger partial charge in [0.05, 0.1) is 0 Å². The molecule has 0 heterocycles. The van der Waals surface area contributed by atoms with E-state index in [1.807, 2.05) is 0 Å². The van der Waals surface area contributed by atoms with Crippen LogP contribution in [0.25, 0.3) is 0 Å². The molecule has 0 aliphatic heterocycles. The van der Waals surface area contributed by atoms with Gasteiger partial charge in [-0.3, -0.25) is 0 Å². The first-order valence-corrected chi connectivity index (χ1v) is 8.16. The van der Waals surface area contributed by atoms with Gasteiger partial charge in [0.25, 0.3) is 0 Å². The monoisotopic (exact) mass is 324 g/mol. The number of hydrogen-bond donors (Lipinski definition) is 1. The van der Waals surface area contributed by atoms with Crippen LogP contribution in [0.4, 0.5) is 5.69 Å². The van der Waals surface area contributed by atoms with Crippen molar-refractivity contribution in [3.8, 4) is 0 Å². The second kappa shape index (κ2) is 6.76. The molecule has 2 rings (SSSR count). The Morgan fingerprint density at radius 1 is 1.32 bits per heavy atom. The molecule has 3 heteroatoms. The van der Waals surface area contributed by atoms with Crippen LogP contribution < -0.4 is 10.6 Å². The van der Waals surface area contributed by atoms with Gasteiger partial charge in [0.2, 0.25) is 0 Å². The van der Waals surface area contributed by atoms with Crippen LogP contribution in [0, 0.1) is 5.92 Å². The smallest absolute Gasteiger partial charge is 0.0425 e. The highest BCUT2D eigenvalue weighted by Gasteiger charge is 2.25. The topological polar surface area (TPSA) is 29.3 Å². The molecule has 1 aliphatic rings. The summed E-state index contributed by atoms with van der Waals surface area (Å²) in [6.45, 7) is 6.32. The molecule has 19 heavy (non-hydrogen) atoms. The molecular formula is C16H25BrN2. The Labute approximate surface area is 125 Å². The molecule has 1 aliphatic carbocycles. The van der Waals surface area contributed by atoms with E-state index in [0.717, 1.165) is 11.0 Å². The largest absolute Gasteiger partial charge is 0.368 e. The number of anilines is 1. The van der Waals surface area contributed by atoms with E-state index in [0.29, 0.717) is 18.5 Å². The first-order valence-electron chi connectivity index (χ1n) is 7.37. The van der Waals surface area contributed by atoms with Gasteiger partial charge in [-0.2, -0.15) is 0 Å². The van der Waals surface area contributed by atoms with E-state index in [4.69, 9.17) is 5.73 Å². The summed E-state index contributed by atoms with van der Waals surface area (Å²) in [6.07, 6.45) is 5.38. The highest BCUT2D eigenvalue weighted by molar-refractivity contribution is 9.10. The predicted octanol–water partition coefficient (Wildman–Crippen LogP) is 4.31. The van der Waals surface area contributed by atoms with Crippen molar-refractivity contribution in [2.45, 2.75) is 52.1 Å². The Morgan fingerprint density at radius 2 is 2.00 bits per heavy atom. The number of hydrogen-bond acceptors (Lipinski definition) is 2. The minimum Gasteiger partial charge on any atom is -0.368 e. The predicted molar refractivity (Wildman–Crippen MR) is 86.5 cm³/mol. The summed E-state index contributed by atoms with van der Waals surface area (Å²) in [5.41, 5.74) is 8.52. The van der Waals surface area contributed by atoms with Crippen LogP contribution in [0.5, 0.6) is 0 Å². The van der Waals surface area contributed by atoms with Crippen molar-refractivity contribution >= 4 is 21.6 Å². The zero-order valence-corrected chi connectivity index (χ0v) is 13.6. The lowest BCUT2D eigenvalue weighted by Gasteiger charge is -2.34. The molecule has 2 nitrogen and oxygen atoms in total. The Bertz CT molecular complexity index is 411. The van der Waals surface area contributed by atoms with E-state index in [9.17, 15) is 0 Å². The van der Waals surface area contributed by atoms with Gasteiger partial charge in [0.1, 0.15) is 0 Å². The Morgan fingerprint density at radius 3 is 2.58 bits per heavy atom. The van der Waals surface area contributed by atoms with E-state index in [1.165, 1.54) is 36.9 Å². The molecule has 0 bridgehead atoms. The van der Waals surface area contributed by atoms with Gasteiger partial charge >= 0.3 is 0 Å². The quantitative estimate of drug-likeness (QED) is 0.874. The van der Waals surface area contributed by atoms with Crippen LogP contribution in [-0.4, -0.2) is 12.6 Å². The average Bonchev–Trinajstić information content (AvgIpc) is 2.89. The van der Waals surface area contributed by atoms with Crippen LogP contribution in [0.1, 0.15) is 45.1 Å². The molecule has 1 aromatic carbocycles. The van der Waals surface area contributed by atoms with Crippen molar-refractivity contribution in [1.82, 2.24) is 0 Å². The summed E-state index contributed by atoms with van der Waals surface area (Å²) < 4.78 is 1.14. The zero-order valence-electron chi connectivity index (χ0n) is 12.0. The van der Waals surface area contributed by atoms with E-state index in [2.05, 4.69) is 52.9 Å². The van der Waals surface area contributed by atoms with E-state index < -0.39 is 0 Å². The summed E-state index contributed by atoms with van der Waals surface area (Å²) in [6, 6.07) is 7.18. The molecule has 1 saturated carbocycles. The van der Waals surface area contributed by atoms with Gasteiger partial charge < -0.3 is 10.6 Å². The van der Waals surface area contributed by atoms with E-state index in [1.54, 1.807) is 0 Å². The summed E-state index contributed by atoms with van der Waals surface area (Å²) in [5, 5.41) is 0. The van der Waals surface area contributed by atoms with Crippen molar-refractivity contribution in [2.24, 2.45) is 11.7 Å². The van der Waals surface area contributed by atoms with E-state index >= 15 is 0 Å². The SMILES string of the molecule is CC(C)CN(c1cc(Br)ccc1CN)C1CCCC1. The molecule has 0 unspecified atom stereocenters. The van der Waals surface area contributed by atoms with Gasteiger partial charge in [0.15, 0.2) is 0 Å². The van der Waals surface area contributed by atoms with Crippen LogP contribution >= 0.6 is 15.9 Å². The normalized spacial score (nSPS) is 16.3. The summed E-state index contributed by atoms with van der Waals surface area (Å²) in [7, 11) is 0. The van der Waals surface area contributed by atoms with Crippen LogP contribution in [0.15, 0.2) is 22.7 Å². The lowest BCUT2D eigenvalue weighted by Crippen LogP contribution is -2.37. The van der Waals surface area contributed by atoms with Gasteiger partial charge in [0, 0.05) is 29.3 Å². The molecule has 1 fully saturated rings. The summed E-state index contributed by atoms with van der Waals surface area (Å²) >= 11 is 3.60. The Balaban J connectivity index is 2.32. The third kappa shape index (κ3) is 3.73. The lowest BCUT2D eigenvalue weighted by atomic mass is 10.1. The summed E-state index contributed by atoms with van der Waals surface area (Å²) in [5.74, 6) is 0.671. The number of halogens is 1. The lowest BCUT2D eigenvalue weighted by molar-refractivity contribution is 0.534. The van der Waals surface area contributed by atoms with Crippen molar-refractivity contribution in [1.29, 1.82) is 0 Å². The number of nitrogens with zero attached hydrogens (tertiary/aromatic N) is 1. The van der Waals surface area contributed by atoms with Gasteiger partial charge in [-0.05, 0) is 36.5 Å². The maximum Gasteiger partial charge on any atom is 0.0425 e. The standard InChI is InChI=1S/C16H25BrN2/c1-12(2)11-19(15-5-3-4-6-15)16-9-14(17)8-7-13(16)10-18/h7-9,12,15H,3-6,10-11,18H2,1-2H3. The fourth-order valence-corrected chi connectivity index (χ4v) is 3.38. The van der Waals surface area contributed by atoms with Crippen molar-refractivity contribution in [3.05, 3.63) is 28.2 Å². The van der Waals surface area contributed by atoms with Gasteiger partial charge in [-0.1, -0.05) is 48.7 Å². The fourth-order valence-electron chi connectivity index (χ4n) is 3.03. The molecule has 0 saturated heterocycles. The number of rotatable bonds is 5. The van der Waals surface area contributed by atoms with Crippen molar-refractivity contribution in [2.75, 3.05) is 11.4 Å². The molecule has 106 valence electrons. The molecule has 0 radical (unpaired) electrons. The maximum absolute atomic E-state index is 5.93. The Hall–Kier alpha value is -0.540. The molecular weight excluding hydrogens is 300 g/mol.